The van der Waals surface area contributed by atoms with Gasteiger partial charge < -0.3 is 10.1 Å². The fraction of sp³-hybridized carbons (Fsp3) is 0.174. The second-order valence-corrected chi connectivity index (χ2v) is 8.58. The van der Waals surface area contributed by atoms with Crippen LogP contribution in [0.3, 0.4) is 0 Å². The Morgan fingerprint density at radius 1 is 0.967 bits per heavy atom. The Morgan fingerprint density at radius 2 is 1.57 bits per heavy atom. The van der Waals surface area contributed by atoms with Crippen LogP contribution in [0.5, 0.6) is 5.75 Å². The first-order chi connectivity index (χ1) is 14.2. The molecule has 7 heteroatoms. The van der Waals surface area contributed by atoms with E-state index in [1.165, 1.54) is 6.07 Å². The number of rotatable bonds is 6. The van der Waals surface area contributed by atoms with Crippen LogP contribution in [0.25, 0.3) is 0 Å². The van der Waals surface area contributed by atoms with Gasteiger partial charge in [-0.1, -0.05) is 42.5 Å². The first kappa shape index (κ1) is 21.5. The van der Waals surface area contributed by atoms with E-state index in [1.807, 2.05) is 54.6 Å². The van der Waals surface area contributed by atoms with Crippen molar-refractivity contribution >= 4 is 15.9 Å². The van der Waals surface area contributed by atoms with Gasteiger partial charge in [0.25, 0.3) is 5.91 Å². The highest BCUT2D eigenvalue weighted by atomic mass is 32.2. The number of sulfonamides is 1. The number of nitrogens with one attached hydrogen (secondary N) is 1. The third kappa shape index (κ3) is 4.69. The molecule has 3 aromatic rings. The van der Waals surface area contributed by atoms with Crippen molar-refractivity contribution in [2.45, 2.75) is 24.8 Å². The number of hydrogen-bond acceptors (Lipinski definition) is 4. The summed E-state index contributed by atoms with van der Waals surface area (Å²) < 4.78 is 29.1. The second kappa shape index (κ2) is 8.69. The molecule has 1 unspecified atom stereocenters. The van der Waals surface area contributed by atoms with Gasteiger partial charge >= 0.3 is 0 Å². The number of benzene rings is 3. The third-order valence-corrected chi connectivity index (χ3v) is 6.08. The zero-order valence-electron chi connectivity index (χ0n) is 17.0. The largest absolute Gasteiger partial charge is 0.497 e. The average Bonchev–Trinajstić information content (AvgIpc) is 2.73. The summed E-state index contributed by atoms with van der Waals surface area (Å²) in [6.07, 6.45) is 0. The Morgan fingerprint density at radius 3 is 2.13 bits per heavy atom. The van der Waals surface area contributed by atoms with Crippen LogP contribution in [0, 0.1) is 13.8 Å². The van der Waals surface area contributed by atoms with Crippen molar-refractivity contribution in [3.05, 3.63) is 94.5 Å². The number of ether oxygens (including phenoxy) is 1. The molecule has 1 amide bonds. The first-order valence-corrected chi connectivity index (χ1v) is 10.9. The van der Waals surface area contributed by atoms with Crippen LogP contribution >= 0.6 is 0 Å². The lowest BCUT2D eigenvalue weighted by Crippen LogP contribution is -2.30. The SMILES string of the molecule is COc1ccc(C(NC(=O)c2cc(C)c(C)c(S(N)(=O)=O)c2)c2ccccc2)cc1. The summed E-state index contributed by atoms with van der Waals surface area (Å²) in [7, 11) is -2.35. The second-order valence-electron chi connectivity index (χ2n) is 7.05. The molecule has 30 heavy (non-hydrogen) atoms. The lowest BCUT2D eigenvalue weighted by atomic mass is 9.97. The van der Waals surface area contributed by atoms with E-state index in [-0.39, 0.29) is 10.5 Å². The Balaban J connectivity index is 2.01. The molecule has 0 bridgehead atoms. The summed E-state index contributed by atoms with van der Waals surface area (Å²) in [5.74, 6) is 0.316. The molecular weight excluding hydrogens is 400 g/mol. The van der Waals surface area contributed by atoms with Crippen LogP contribution in [-0.2, 0) is 10.0 Å². The maximum atomic E-state index is 13.1. The fourth-order valence-corrected chi connectivity index (χ4v) is 4.15. The molecule has 0 spiro atoms. The lowest BCUT2D eigenvalue weighted by molar-refractivity contribution is 0.0942. The minimum Gasteiger partial charge on any atom is -0.497 e. The van der Waals surface area contributed by atoms with E-state index in [1.54, 1.807) is 27.0 Å². The monoisotopic (exact) mass is 424 g/mol. The topological polar surface area (TPSA) is 98.5 Å². The maximum Gasteiger partial charge on any atom is 0.252 e. The van der Waals surface area contributed by atoms with E-state index in [9.17, 15) is 13.2 Å². The summed E-state index contributed by atoms with van der Waals surface area (Å²) in [5.41, 5.74) is 3.20. The zero-order chi connectivity index (χ0) is 21.9. The van der Waals surface area contributed by atoms with Gasteiger partial charge in [0.05, 0.1) is 18.0 Å². The highest BCUT2D eigenvalue weighted by molar-refractivity contribution is 7.89. The number of methoxy groups -OCH3 is 1. The number of carbonyl (C=O) groups excluding carboxylic acids is 1. The molecular formula is C23H24N2O4S. The quantitative estimate of drug-likeness (QED) is 0.633. The number of primary sulfonamides is 1. The van der Waals surface area contributed by atoms with Crippen LogP contribution < -0.4 is 15.2 Å². The molecule has 0 aliphatic carbocycles. The average molecular weight is 425 g/mol. The summed E-state index contributed by atoms with van der Waals surface area (Å²) in [4.78, 5) is 13.0. The van der Waals surface area contributed by atoms with Crippen LogP contribution in [0.2, 0.25) is 0 Å². The number of nitrogens with two attached hydrogens (primary N) is 1. The Hall–Kier alpha value is -3.16. The summed E-state index contributed by atoms with van der Waals surface area (Å²) in [6.45, 7) is 3.42. The van der Waals surface area contributed by atoms with Gasteiger partial charge in [-0.3, -0.25) is 4.79 Å². The van der Waals surface area contributed by atoms with Crippen molar-refractivity contribution in [2.24, 2.45) is 5.14 Å². The molecule has 3 N–H and O–H groups in total. The molecule has 0 radical (unpaired) electrons. The first-order valence-electron chi connectivity index (χ1n) is 9.34. The van der Waals surface area contributed by atoms with Gasteiger partial charge in [-0.2, -0.15) is 0 Å². The number of amides is 1. The van der Waals surface area contributed by atoms with E-state index >= 15 is 0 Å². The fourth-order valence-electron chi connectivity index (χ4n) is 3.27. The van der Waals surface area contributed by atoms with Gasteiger partial charge in [-0.25, -0.2) is 13.6 Å². The highest BCUT2D eigenvalue weighted by Gasteiger charge is 2.21. The van der Waals surface area contributed by atoms with Gasteiger partial charge in [0, 0.05) is 5.56 Å². The Kier molecular flexibility index (Phi) is 6.24. The molecule has 0 aliphatic heterocycles. The highest BCUT2D eigenvalue weighted by Crippen LogP contribution is 2.26. The molecule has 6 nitrogen and oxygen atoms in total. The number of hydrogen-bond donors (Lipinski definition) is 2. The van der Waals surface area contributed by atoms with Crippen molar-refractivity contribution < 1.29 is 17.9 Å². The van der Waals surface area contributed by atoms with E-state index in [0.717, 1.165) is 11.1 Å². The van der Waals surface area contributed by atoms with E-state index < -0.39 is 22.0 Å². The molecule has 0 fully saturated rings. The van der Waals surface area contributed by atoms with Gasteiger partial charge in [-0.15, -0.1) is 0 Å². The van der Waals surface area contributed by atoms with Crippen LogP contribution in [-0.4, -0.2) is 21.4 Å². The smallest absolute Gasteiger partial charge is 0.252 e. The molecule has 156 valence electrons. The predicted octanol–water partition coefficient (Wildman–Crippen LogP) is 3.48. The van der Waals surface area contributed by atoms with Crippen molar-refractivity contribution in [1.29, 1.82) is 0 Å². The van der Waals surface area contributed by atoms with Crippen LogP contribution in [0.1, 0.15) is 38.7 Å². The van der Waals surface area contributed by atoms with E-state index in [4.69, 9.17) is 9.88 Å². The molecule has 0 saturated heterocycles. The van der Waals surface area contributed by atoms with Crippen LogP contribution in [0.4, 0.5) is 0 Å². The van der Waals surface area contributed by atoms with Crippen molar-refractivity contribution in [2.75, 3.05) is 7.11 Å². The molecule has 1 atom stereocenters. The van der Waals surface area contributed by atoms with Crippen molar-refractivity contribution in [3.63, 3.8) is 0 Å². The summed E-state index contributed by atoms with van der Waals surface area (Å²) >= 11 is 0. The van der Waals surface area contributed by atoms with Crippen molar-refractivity contribution in [3.8, 4) is 5.75 Å². The maximum absolute atomic E-state index is 13.1. The molecule has 0 aliphatic rings. The minimum absolute atomic E-state index is 0.0478. The van der Waals surface area contributed by atoms with Gasteiger partial charge in [0.2, 0.25) is 10.0 Å². The number of carbonyl (C=O) groups is 1. The normalized spacial score (nSPS) is 12.3. The van der Waals surface area contributed by atoms with Crippen molar-refractivity contribution in [1.82, 2.24) is 5.32 Å². The summed E-state index contributed by atoms with van der Waals surface area (Å²) in [5, 5.41) is 8.35. The Labute approximate surface area is 176 Å². The van der Waals surface area contributed by atoms with Gasteiger partial charge in [0.1, 0.15) is 5.75 Å². The van der Waals surface area contributed by atoms with Gasteiger partial charge in [0.15, 0.2) is 0 Å². The van der Waals surface area contributed by atoms with E-state index in [2.05, 4.69) is 5.32 Å². The third-order valence-electron chi connectivity index (χ3n) is 5.05. The molecule has 3 aromatic carbocycles. The molecule has 0 heterocycles. The molecule has 0 saturated carbocycles. The van der Waals surface area contributed by atoms with E-state index in [0.29, 0.717) is 16.9 Å². The lowest BCUT2D eigenvalue weighted by Gasteiger charge is -2.21. The van der Waals surface area contributed by atoms with Gasteiger partial charge in [-0.05, 0) is 60.4 Å². The summed E-state index contributed by atoms with van der Waals surface area (Å²) in [6, 6.07) is 19.5. The predicted molar refractivity (Wildman–Crippen MR) is 116 cm³/mol. The minimum atomic E-state index is -3.95. The molecule has 3 rings (SSSR count). The Bertz CT molecular complexity index is 1160. The molecule has 0 aromatic heterocycles. The standard InChI is InChI=1S/C23H24N2O4S/c1-15-13-19(14-21(16(15)2)30(24,27)28)23(26)25-22(17-7-5-4-6-8-17)18-9-11-20(29-3)12-10-18/h4-14,22H,1-3H3,(H,25,26)(H2,24,27,28). The number of aryl methyl sites for hydroxylation is 1. The van der Waals surface area contributed by atoms with Crippen LogP contribution in [0.15, 0.2) is 71.6 Å². The zero-order valence-corrected chi connectivity index (χ0v) is 17.9.